The third-order valence-corrected chi connectivity index (χ3v) is 12.8. The molecule has 4 heterocycles. The summed E-state index contributed by atoms with van der Waals surface area (Å²) >= 11 is 0. The molecule has 0 bridgehead atoms. The van der Waals surface area contributed by atoms with Crippen LogP contribution in [0.3, 0.4) is 0 Å². The first-order valence-electron chi connectivity index (χ1n) is 22.1. The average molecular weight is 1020 g/mol. The summed E-state index contributed by atoms with van der Waals surface area (Å²) < 4.78 is 11.3. The first-order chi connectivity index (χ1) is 30.1. The fourth-order valence-corrected chi connectivity index (χ4v) is 8.99. The maximum atomic E-state index is 6.68. The largest absolute Gasteiger partial charge is 0.509 e. The number of benzene rings is 6. The van der Waals surface area contributed by atoms with Gasteiger partial charge < -0.3 is 23.7 Å². The van der Waals surface area contributed by atoms with E-state index in [1.807, 2.05) is 24.4 Å². The Hall–Kier alpha value is -6.10. The minimum absolute atomic E-state index is 0. The van der Waals surface area contributed by atoms with Crippen LogP contribution in [-0.2, 0) is 31.9 Å². The second-order valence-corrected chi connectivity index (χ2v) is 19.4. The van der Waals surface area contributed by atoms with Gasteiger partial charge in [0.2, 0.25) is 0 Å². The van der Waals surface area contributed by atoms with Crippen molar-refractivity contribution in [3.63, 3.8) is 0 Å². The molecule has 1 aliphatic rings. The fraction of sp³-hybridized carbons (Fsp3) is 0.228. The Bertz CT molecular complexity index is 3230. The van der Waals surface area contributed by atoms with Gasteiger partial charge in [-0.3, -0.25) is 0 Å². The van der Waals surface area contributed by atoms with Crippen molar-refractivity contribution >= 4 is 55.0 Å². The maximum absolute atomic E-state index is 6.68. The summed E-state index contributed by atoms with van der Waals surface area (Å²) in [7, 11) is 0. The molecule has 64 heavy (non-hydrogen) atoms. The SMILES string of the molecule is CC1=C(C)N(c2cc(C(C)C)cc(C(C)(C)C)c2)[CH-]N1c1[c-]c(Oc2[c-]c3c(cc2)c2cc(-n4c5ccccc5c5ccccc54)ccc2n3-c2cc(C(C)(C)C)ccn2)ccc1.[Pt]. The molecule has 10 rings (SSSR count). The summed E-state index contributed by atoms with van der Waals surface area (Å²) in [6.07, 6.45) is 1.92. The van der Waals surface area contributed by atoms with Crippen LogP contribution in [0.4, 0.5) is 11.4 Å². The molecule has 0 saturated heterocycles. The van der Waals surface area contributed by atoms with Crippen LogP contribution in [0.5, 0.6) is 11.5 Å². The van der Waals surface area contributed by atoms with Crippen LogP contribution in [0, 0.1) is 18.8 Å². The van der Waals surface area contributed by atoms with Crippen LogP contribution >= 0.6 is 0 Å². The molecular formula is C57H54N5OPt-3. The van der Waals surface area contributed by atoms with Crippen molar-refractivity contribution in [2.24, 2.45) is 0 Å². The number of anilines is 2. The average Bonchev–Trinajstić information content (AvgIpc) is 3.88. The standard InChI is InChI=1S/C57H54N5O.Pt/c1-36(2)39-28-41(57(8,9)10)30-44(29-39)60-35-59(37(3)38(60)4)42-16-15-17-45(32-42)63-46-23-24-49-50-33-43(61-51-20-13-11-18-47(51)48-19-12-14-21-52(48)61)22-25-53(50)62(54(49)34-46)55-31-40(26-27-58-55)56(5,6)7;/h11-31,33,35-36H,1-10H3;/q-3;. The van der Waals surface area contributed by atoms with Gasteiger partial charge in [0.25, 0.3) is 0 Å². The minimum Gasteiger partial charge on any atom is -0.509 e. The predicted octanol–water partition coefficient (Wildman–Crippen LogP) is 15.1. The molecule has 0 unspecified atom stereocenters. The van der Waals surface area contributed by atoms with E-state index in [1.165, 1.54) is 49.9 Å². The molecule has 7 heteroatoms. The number of para-hydroxylation sites is 2. The van der Waals surface area contributed by atoms with E-state index in [0.29, 0.717) is 17.4 Å². The fourth-order valence-electron chi connectivity index (χ4n) is 8.99. The van der Waals surface area contributed by atoms with E-state index in [4.69, 9.17) is 9.72 Å². The van der Waals surface area contributed by atoms with E-state index in [1.54, 1.807) is 0 Å². The van der Waals surface area contributed by atoms with Gasteiger partial charge >= 0.3 is 0 Å². The van der Waals surface area contributed by atoms with E-state index in [9.17, 15) is 0 Å². The molecule has 0 aliphatic carbocycles. The summed E-state index contributed by atoms with van der Waals surface area (Å²) in [4.78, 5) is 9.47. The molecule has 9 aromatic rings. The number of ether oxygens (including phenoxy) is 1. The van der Waals surface area contributed by atoms with Crippen LogP contribution in [0.2, 0.25) is 0 Å². The van der Waals surface area contributed by atoms with Crippen molar-refractivity contribution in [1.29, 1.82) is 0 Å². The minimum atomic E-state index is -0.0532. The van der Waals surface area contributed by atoms with Gasteiger partial charge in [-0.25, -0.2) is 4.98 Å². The Morgan fingerprint density at radius 3 is 1.91 bits per heavy atom. The first-order valence-corrected chi connectivity index (χ1v) is 22.1. The summed E-state index contributed by atoms with van der Waals surface area (Å²) in [6, 6.07) is 52.9. The van der Waals surface area contributed by atoms with Gasteiger partial charge in [-0.1, -0.05) is 103 Å². The molecule has 0 amide bonds. The third kappa shape index (κ3) is 7.50. The van der Waals surface area contributed by atoms with Gasteiger partial charge in [-0.2, -0.15) is 12.1 Å². The molecule has 6 aromatic carbocycles. The van der Waals surface area contributed by atoms with Crippen molar-refractivity contribution in [2.75, 3.05) is 9.80 Å². The second kappa shape index (κ2) is 16.2. The number of aromatic nitrogens is 3. The zero-order valence-corrected chi connectivity index (χ0v) is 40.6. The maximum Gasteiger partial charge on any atom is 0.135 e. The molecule has 0 fully saturated rings. The van der Waals surface area contributed by atoms with Crippen LogP contribution in [-0.4, -0.2) is 14.1 Å². The summed E-state index contributed by atoms with van der Waals surface area (Å²) in [5, 5.41) is 4.66. The number of hydrogen-bond acceptors (Lipinski definition) is 4. The van der Waals surface area contributed by atoms with Crippen molar-refractivity contribution < 1.29 is 25.8 Å². The second-order valence-electron chi connectivity index (χ2n) is 19.4. The Kier molecular flexibility index (Phi) is 10.9. The van der Waals surface area contributed by atoms with Crippen molar-refractivity contribution in [2.45, 2.75) is 86.0 Å². The van der Waals surface area contributed by atoms with E-state index in [0.717, 1.165) is 44.7 Å². The summed E-state index contributed by atoms with van der Waals surface area (Å²) in [5.74, 6) is 2.48. The van der Waals surface area contributed by atoms with E-state index in [2.05, 4.69) is 216 Å². The number of rotatable bonds is 7. The summed E-state index contributed by atoms with van der Waals surface area (Å²) in [5.41, 5.74) is 13.6. The van der Waals surface area contributed by atoms with Gasteiger partial charge in [0.15, 0.2) is 0 Å². The molecule has 0 spiro atoms. The summed E-state index contributed by atoms with van der Waals surface area (Å²) in [6.45, 7) is 24.6. The number of hydrogen-bond donors (Lipinski definition) is 0. The Morgan fingerprint density at radius 2 is 1.22 bits per heavy atom. The van der Waals surface area contributed by atoms with E-state index in [-0.39, 0.29) is 31.9 Å². The van der Waals surface area contributed by atoms with Crippen LogP contribution < -0.4 is 14.5 Å². The van der Waals surface area contributed by atoms with Crippen molar-refractivity contribution in [3.8, 4) is 23.0 Å². The molecule has 6 nitrogen and oxygen atoms in total. The monoisotopic (exact) mass is 1020 g/mol. The number of pyridine rings is 1. The topological polar surface area (TPSA) is 38.5 Å². The molecule has 0 N–H and O–H groups in total. The Morgan fingerprint density at radius 1 is 0.562 bits per heavy atom. The predicted molar refractivity (Wildman–Crippen MR) is 263 cm³/mol. The molecule has 326 valence electrons. The quantitative estimate of drug-likeness (QED) is 0.149. The Labute approximate surface area is 392 Å². The normalized spacial score (nSPS) is 13.6. The van der Waals surface area contributed by atoms with Gasteiger partial charge in [-0.15, -0.1) is 48.1 Å². The molecule has 1 aliphatic heterocycles. The van der Waals surface area contributed by atoms with Crippen LogP contribution in [0.1, 0.15) is 91.8 Å². The van der Waals surface area contributed by atoms with Crippen molar-refractivity contribution in [3.05, 3.63) is 180 Å². The number of nitrogens with zero attached hydrogens (tertiary/aromatic N) is 5. The van der Waals surface area contributed by atoms with Gasteiger partial charge in [0, 0.05) is 77.8 Å². The molecule has 0 atom stereocenters. The zero-order valence-electron chi connectivity index (χ0n) is 38.3. The smallest absolute Gasteiger partial charge is 0.135 e. The third-order valence-electron chi connectivity index (χ3n) is 12.8. The first kappa shape index (κ1) is 43.2. The van der Waals surface area contributed by atoms with Crippen LogP contribution in [0.25, 0.3) is 55.1 Å². The number of allylic oxidation sites excluding steroid dienone is 2. The molecule has 0 saturated carbocycles. The van der Waals surface area contributed by atoms with Crippen molar-refractivity contribution in [1.82, 2.24) is 14.1 Å². The molecular weight excluding hydrogens is 966 g/mol. The van der Waals surface area contributed by atoms with Gasteiger partial charge in [0.05, 0.1) is 11.0 Å². The molecule has 3 aromatic heterocycles. The van der Waals surface area contributed by atoms with E-state index < -0.39 is 0 Å². The number of fused-ring (bicyclic) bond motifs is 6. The van der Waals surface area contributed by atoms with Gasteiger partial charge in [0.1, 0.15) is 5.82 Å². The molecule has 0 radical (unpaired) electrons. The zero-order chi connectivity index (χ0) is 43.9. The van der Waals surface area contributed by atoms with E-state index >= 15 is 0 Å². The van der Waals surface area contributed by atoms with Gasteiger partial charge in [-0.05, 0) is 107 Å². The Balaban J connectivity index is 0.00000518. The van der Waals surface area contributed by atoms with Crippen LogP contribution in [0.15, 0.2) is 145 Å².